The number of anilines is 1. The van der Waals surface area contributed by atoms with E-state index in [1.54, 1.807) is 25.0 Å². The molecule has 7 heteroatoms. The molecule has 0 aliphatic carbocycles. The highest BCUT2D eigenvalue weighted by Gasteiger charge is 2.34. The Kier molecular flexibility index (Phi) is 5.33. The minimum absolute atomic E-state index is 0.0711. The summed E-state index contributed by atoms with van der Waals surface area (Å²) in [5.74, 6) is -1.84. The lowest BCUT2D eigenvalue weighted by Gasteiger charge is -2.16. The maximum Gasteiger partial charge on any atom is 0.335 e. The second kappa shape index (κ2) is 7.23. The van der Waals surface area contributed by atoms with E-state index in [-0.39, 0.29) is 23.8 Å². The number of nitrogens with one attached hydrogen (secondary N) is 1. The summed E-state index contributed by atoms with van der Waals surface area (Å²) >= 11 is 0. The van der Waals surface area contributed by atoms with Gasteiger partial charge in [-0.3, -0.25) is 9.59 Å². The first-order valence-corrected chi connectivity index (χ1v) is 7.34. The van der Waals surface area contributed by atoms with Gasteiger partial charge in [0.15, 0.2) is 0 Å². The smallest absolute Gasteiger partial charge is 0.335 e. The van der Waals surface area contributed by atoms with Gasteiger partial charge >= 0.3 is 5.97 Å². The van der Waals surface area contributed by atoms with Crippen LogP contribution in [0.3, 0.4) is 0 Å². The summed E-state index contributed by atoms with van der Waals surface area (Å²) in [6.45, 7) is 3.03. The van der Waals surface area contributed by atoms with Crippen molar-refractivity contribution in [2.45, 2.75) is 13.3 Å². The molecule has 1 atom stereocenters. The first-order chi connectivity index (χ1) is 10.9. The fourth-order valence-corrected chi connectivity index (χ4v) is 2.49. The third kappa shape index (κ3) is 4.07. The number of aromatic carboxylic acids is 1. The number of carbonyl (C=O) groups excluding carboxylic acids is 2. The largest absolute Gasteiger partial charge is 0.478 e. The van der Waals surface area contributed by atoms with Crippen molar-refractivity contribution in [3.63, 3.8) is 0 Å². The number of ether oxygens (including phenoxy) is 1. The summed E-state index contributed by atoms with van der Waals surface area (Å²) in [6.07, 6.45) is 0.160. The normalized spacial score (nSPS) is 17.4. The molecule has 7 nitrogen and oxygen atoms in total. The van der Waals surface area contributed by atoms with E-state index in [1.807, 2.05) is 0 Å². The molecule has 1 saturated heterocycles. The van der Waals surface area contributed by atoms with Crippen LogP contribution in [0, 0.1) is 12.8 Å². The van der Waals surface area contributed by atoms with E-state index in [2.05, 4.69) is 5.32 Å². The van der Waals surface area contributed by atoms with Crippen LogP contribution in [0.5, 0.6) is 0 Å². The van der Waals surface area contributed by atoms with E-state index in [4.69, 9.17) is 9.84 Å². The van der Waals surface area contributed by atoms with Gasteiger partial charge in [-0.25, -0.2) is 4.79 Å². The third-order valence-corrected chi connectivity index (χ3v) is 3.89. The molecule has 1 aromatic rings. The average Bonchev–Trinajstić information content (AvgIpc) is 2.88. The Balaban J connectivity index is 2.04. The topological polar surface area (TPSA) is 95.9 Å². The molecule has 1 heterocycles. The van der Waals surface area contributed by atoms with Crippen molar-refractivity contribution in [1.29, 1.82) is 0 Å². The van der Waals surface area contributed by atoms with Crippen LogP contribution in [0.2, 0.25) is 0 Å². The van der Waals surface area contributed by atoms with Crippen LogP contribution in [-0.4, -0.2) is 54.6 Å². The molecule has 0 radical (unpaired) electrons. The number of carboxylic acids is 1. The van der Waals surface area contributed by atoms with Crippen LogP contribution in [0.25, 0.3) is 0 Å². The average molecular weight is 320 g/mol. The van der Waals surface area contributed by atoms with Gasteiger partial charge in [0.25, 0.3) is 0 Å². The number of hydrogen-bond acceptors (Lipinski definition) is 4. The van der Waals surface area contributed by atoms with Crippen molar-refractivity contribution in [1.82, 2.24) is 4.90 Å². The zero-order chi connectivity index (χ0) is 17.0. The molecular formula is C16H20N2O5. The Morgan fingerprint density at radius 1 is 1.43 bits per heavy atom. The van der Waals surface area contributed by atoms with E-state index >= 15 is 0 Å². The predicted molar refractivity (Wildman–Crippen MR) is 83.3 cm³/mol. The maximum absolute atomic E-state index is 12.3. The Labute approximate surface area is 134 Å². The molecule has 1 aromatic carbocycles. The highest BCUT2D eigenvalue weighted by molar-refractivity contribution is 5.98. The summed E-state index contributed by atoms with van der Waals surface area (Å²) < 4.78 is 4.94. The van der Waals surface area contributed by atoms with Crippen molar-refractivity contribution in [2.75, 3.05) is 32.1 Å². The minimum Gasteiger partial charge on any atom is -0.478 e. The molecular weight excluding hydrogens is 300 g/mol. The van der Waals surface area contributed by atoms with E-state index in [0.717, 1.165) is 5.56 Å². The molecule has 2 rings (SSSR count). The Bertz CT molecular complexity index is 629. The van der Waals surface area contributed by atoms with Crippen molar-refractivity contribution in [3.05, 3.63) is 29.3 Å². The van der Waals surface area contributed by atoms with Crippen molar-refractivity contribution in [2.24, 2.45) is 5.92 Å². The van der Waals surface area contributed by atoms with Gasteiger partial charge in [0, 0.05) is 32.3 Å². The van der Waals surface area contributed by atoms with Gasteiger partial charge < -0.3 is 20.1 Å². The number of nitrogens with zero attached hydrogens (tertiary/aromatic N) is 1. The number of carbonyl (C=O) groups is 3. The molecule has 23 heavy (non-hydrogen) atoms. The number of aryl methyl sites for hydroxylation is 1. The number of carboxylic acid groups (broad SMARTS) is 1. The fraction of sp³-hybridized carbons (Fsp3) is 0.438. The zero-order valence-corrected chi connectivity index (χ0v) is 13.2. The molecule has 124 valence electrons. The second-order valence-electron chi connectivity index (χ2n) is 5.56. The van der Waals surface area contributed by atoms with Crippen molar-refractivity contribution in [3.8, 4) is 0 Å². The molecule has 2 N–H and O–H groups in total. The molecule has 1 aliphatic rings. The molecule has 0 saturated carbocycles. The number of amides is 2. The van der Waals surface area contributed by atoms with Gasteiger partial charge in [-0.15, -0.1) is 0 Å². The molecule has 0 aromatic heterocycles. The number of benzene rings is 1. The SMILES string of the molecule is COCCN1CC(C(=O)Nc2cc(C(=O)O)ccc2C)CC1=O. The number of methoxy groups -OCH3 is 1. The summed E-state index contributed by atoms with van der Waals surface area (Å²) in [7, 11) is 1.56. The Morgan fingerprint density at radius 2 is 2.17 bits per heavy atom. The molecule has 2 amide bonds. The molecule has 0 bridgehead atoms. The number of rotatable bonds is 6. The highest BCUT2D eigenvalue weighted by atomic mass is 16.5. The van der Waals surface area contributed by atoms with E-state index < -0.39 is 11.9 Å². The lowest BCUT2D eigenvalue weighted by Crippen LogP contribution is -2.30. The number of hydrogen-bond donors (Lipinski definition) is 2. The van der Waals surface area contributed by atoms with Crippen molar-refractivity contribution < 1.29 is 24.2 Å². The van der Waals surface area contributed by atoms with Crippen LogP contribution in [-0.2, 0) is 14.3 Å². The minimum atomic E-state index is -1.05. The van der Waals surface area contributed by atoms with E-state index in [9.17, 15) is 14.4 Å². The standard InChI is InChI=1S/C16H20N2O5/c1-10-3-4-11(16(21)22)7-13(10)17-15(20)12-8-14(19)18(9-12)5-6-23-2/h3-4,7,12H,5-6,8-9H2,1-2H3,(H,17,20)(H,21,22). The third-order valence-electron chi connectivity index (χ3n) is 3.89. The predicted octanol–water partition coefficient (Wildman–Crippen LogP) is 1.13. The van der Waals surface area contributed by atoms with Gasteiger partial charge in [-0.2, -0.15) is 0 Å². The summed E-state index contributed by atoms with van der Waals surface area (Å²) in [4.78, 5) is 36.8. The van der Waals surface area contributed by atoms with Gasteiger partial charge in [0.1, 0.15) is 0 Å². The van der Waals surface area contributed by atoms with Gasteiger partial charge in [0.05, 0.1) is 18.1 Å². The number of likely N-dealkylation sites (tertiary alicyclic amines) is 1. The summed E-state index contributed by atoms with van der Waals surface area (Å²) in [5.41, 5.74) is 1.33. The fourth-order valence-electron chi connectivity index (χ4n) is 2.49. The molecule has 0 spiro atoms. The van der Waals surface area contributed by atoms with Crippen LogP contribution < -0.4 is 5.32 Å². The van der Waals surface area contributed by atoms with Crippen LogP contribution in [0.4, 0.5) is 5.69 Å². The lowest BCUT2D eigenvalue weighted by molar-refractivity contribution is -0.128. The quantitative estimate of drug-likeness (QED) is 0.819. The summed E-state index contributed by atoms with van der Waals surface area (Å²) in [6, 6.07) is 4.55. The van der Waals surface area contributed by atoms with Gasteiger partial charge in [0.2, 0.25) is 11.8 Å². The van der Waals surface area contributed by atoms with Crippen LogP contribution >= 0.6 is 0 Å². The first-order valence-electron chi connectivity index (χ1n) is 7.34. The Morgan fingerprint density at radius 3 is 2.83 bits per heavy atom. The highest BCUT2D eigenvalue weighted by Crippen LogP contribution is 2.22. The van der Waals surface area contributed by atoms with E-state index in [1.165, 1.54) is 12.1 Å². The lowest BCUT2D eigenvalue weighted by atomic mass is 10.1. The van der Waals surface area contributed by atoms with Gasteiger partial charge in [-0.1, -0.05) is 6.07 Å². The first kappa shape index (κ1) is 17.0. The molecule has 1 unspecified atom stereocenters. The monoisotopic (exact) mass is 320 g/mol. The zero-order valence-electron chi connectivity index (χ0n) is 13.2. The molecule has 1 aliphatic heterocycles. The summed E-state index contributed by atoms with van der Waals surface area (Å²) in [5, 5.41) is 11.8. The van der Waals surface area contributed by atoms with Crippen LogP contribution in [0.15, 0.2) is 18.2 Å². The second-order valence-corrected chi connectivity index (χ2v) is 5.56. The molecule has 1 fully saturated rings. The van der Waals surface area contributed by atoms with Crippen LogP contribution in [0.1, 0.15) is 22.3 Å². The Hall–Kier alpha value is -2.41. The maximum atomic E-state index is 12.3. The van der Waals surface area contributed by atoms with Crippen molar-refractivity contribution >= 4 is 23.5 Å². The van der Waals surface area contributed by atoms with E-state index in [0.29, 0.717) is 25.4 Å². The van der Waals surface area contributed by atoms with Gasteiger partial charge in [-0.05, 0) is 24.6 Å².